The highest BCUT2D eigenvalue weighted by molar-refractivity contribution is 9.10. The number of benzene rings is 2. The molecular formula is C17H16BrF2N3O. The van der Waals surface area contributed by atoms with Crippen LogP contribution in [0.1, 0.15) is 10.4 Å². The summed E-state index contributed by atoms with van der Waals surface area (Å²) in [5.74, 6) is -1.72. The molecule has 0 aliphatic carbocycles. The van der Waals surface area contributed by atoms with E-state index >= 15 is 0 Å². The van der Waals surface area contributed by atoms with Crippen molar-refractivity contribution >= 4 is 33.2 Å². The Morgan fingerprint density at radius 1 is 0.958 bits per heavy atom. The van der Waals surface area contributed by atoms with Gasteiger partial charge in [0.1, 0.15) is 11.6 Å². The van der Waals surface area contributed by atoms with E-state index < -0.39 is 11.7 Å². The van der Waals surface area contributed by atoms with Gasteiger partial charge in [-0.1, -0.05) is 28.1 Å². The minimum absolute atomic E-state index is 0.113. The van der Waals surface area contributed by atoms with Crippen molar-refractivity contribution in [1.82, 2.24) is 0 Å². The van der Waals surface area contributed by atoms with Crippen molar-refractivity contribution in [1.29, 1.82) is 0 Å². The zero-order valence-electron chi connectivity index (χ0n) is 12.8. The second-order valence-corrected chi connectivity index (χ2v) is 6.49. The molecule has 0 bridgehead atoms. The van der Waals surface area contributed by atoms with E-state index in [0.717, 1.165) is 0 Å². The molecule has 24 heavy (non-hydrogen) atoms. The predicted octanol–water partition coefficient (Wildman–Crippen LogP) is 3.15. The molecule has 1 saturated heterocycles. The number of amides is 1. The van der Waals surface area contributed by atoms with E-state index in [1.807, 2.05) is 9.80 Å². The highest BCUT2D eigenvalue weighted by atomic mass is 79.9. The van der Waals surface area contributed by atoms with Crippen LogP contribution in [-0.2, 0) is 0 Å². The first kappa shape index (κ1) is 16.7. The van der Waals surface area contributed by atoms with Crippen LogP contribution in [0.25, 0.3) is 0 Å². The molecule has 2 aromatic rings. The Hall–Kier alpha value is -2.15. The highest BCUT2D eigenvalue weighted by Gasteiger charge is 2.24. The van der Waals surface area contributed by atoms with Gasteiger partial charge in [0, 0.05) is 30.7 Å². The fourth-order valence-electron chi connectivity index (χ4n) is 2.95. The lowest BCUT2D eigenvalue weighted by Crippen LogP contribution is -2.47. The van der Waals surface area contributed by atoms with Gasteiger partial charge in [-0.3, -0.25) is 4.79 Å². The van der Waals surface area contributed by atoms with Crippen LogP contribution in [0.4, 0.5) is 20.2 Å². The Kier molecular flexibility index (Phi) is 4.71. The van der Waals surface area contributed by atoms with Crippen molar-refractivity contribution in [3.63, 3.8) is 0 Å². The fraction of sp³-hybridized carbons (Fsp3) is 0.235. The molecule has 2 N–H and O–H groups in total. The molecule has 0 atom stereocenters. The van der Waals surface area contributed by atoms with Crippen LogP contribution in [0.5, 0.6) is 0 Å². The first-order valence-electron chi connectivity index (χ1n) is 7.50. The number of nitrogens with zero attached hydrogens (tertiary/aromatic N) is 2. The third kappa shape index (κ3) is 3.21. The number of anilines is 2. The van der Waals surface area contributed by atoms with Gasteiger partial charge < -0.3 is 15.5 Å². The lowest BCUT2D eigenvalue weighted by molar-refractivity contribution is 0.0997. The molecule has 0 radical (unpaired) electrons. The number of hydrogen-bond donors (Lipinski definition) is 1. The quantitative estimate of drug-likeness (QED) is 0.868. The smallest absolute Gasteiger partial charge is 0.253 e. The number of rotatable bonds is 3. The number of nitrogens with two attached hydrogens (primary N) is 1. The lowest BCUT2D eigenvalue weighted by Gasteiger charge is -2.38. The summed E-state index contributed by atoms with van der Waals surface area (Å²) in [5.41, 5.74) is 6.23. The highest BCUT2D eigenvalue weighted by Crippen LogP contribution is 2.29. The van der Waals surface area contributed by atoms with E-state index in [9.17, 15) is 13.6 Å². The maximum Gasteiger partial charge on any atom is 0.253 e. The maximum absolute atomic E-state index is 14.1. The van der Waals surface area contributed by atoms with E-state index in [1.54, 1.807) is 24.3 Å². The first-order valence-corrected chi connectivity index (χ1v) is 8.30. The average molecular weight is 396 g/mol. The van der Waals surface area contributed by atoms with Crippen molar-refractivity contribution in [2.24, 2.45) is 5.73 Å². The van der Waals surface area contributed by atoms with E-state index in [4.69, 9.17) is 5.73 Å². The summed E-state index contributed by atoms with van der Waals surface area (Å²) in [6.07, 6.45) is 0. The zero-order chi connectivity index (χ0) is 17.3. The second-order valence-electron chi connectivity index (χ2n) is 5.57. The van der Waals surface area contributed by atoms with E-state index in [1.165, 1.54) is 12.1 Å². The van der Waals surface area contributed by atoms with E-state index in [2.05, 4.69) is 15.9 Å². The number of carbonyl (C=O) groups excluding carboxylic acids is 1. The minimum atomic E-state index is -0.800. The van der Waals surface area contributed by atoms with Crippen LogP contribution in [-0.4, -0.2) is 32.1 Å². The van der Waals surface area contributed by atoms with Crippen LogP contribution in [0.3, 0.4) is 0 Å². The molecule has 4 nitrogen and oxygen atoms in total. The van der Waals surface area contributed by atoms with Crippen molar-refractivity contribution in [3.05, 3.63) is 58.1 Å². The molecule has 1 aliphatic rings. The monoisotopic (exact) mass is 395 g/mol. The third-order valence-corrected chi connectivity index (χ3v) is 4.55. The van der Waals surface area contributed by atoms with Crippen LogP contribution in [0, 0.1) is 11.6 Å². The fourth-order valence-corrected chi connectivity index (χ4v) is 3.37. The van der Waals surface area contributed by atoms with Gasteiger partial charge in [0.15, 0.2) is 0 Å². The number of para-hydroxylation sites is 1. The Labute approximate surface area is 147 Å². The van der Waals surface area contributed by atoms with Gasteiger partial charge in [0.25, 0.3) is 5.91 Å². The number of primary amides is 1. The van der Waals surface area contributed by atoms with Crippen LogP contribution < -0.4 is 15.5 Å². The summed E-state index contributed by atoms with van der Waals surface area (Å²) in [4.78, 5) is 15.4. The normalized spacial score (nSPS) is 14.8. The van der Waals surface area contributed by atoms with Crippen molar-refractivity contribution in [2.75, 3.05) is 36.0 Å². The minimum Gasteiger partial charge on any atom is -0.367 e. The van der Waals surface area contributed by atoms with Crippen LogP contribution in [0.15, 0.2) is 40.9 Å². The van der Waals surface area contributed by atoms with Crippen LogP contribution in [0.2, 0.25) is 0 Å². The molecule has 0 aromatic heterocycles. The Morgan fingerprint density at radius 3 is 2.12 bits per heavy atom. The first-order chi connectivity index (χ1) is 11.5. The summed E-state index contributed by atoms with van der Waals surface area (Å²) in [6, 6.07) is 9.51. The molecule has 0 spiro atoms. The predicted molar refractivity (Wildman–Crippen MR) is 93.4 cm³/mol. The molecule has 1 fully saturated rings. The van der Waals surface area contributed by atoms with Crippen LogP contribution >= 0.6 is 15.9 Å². The third-order valence-electron chi connectivity index (χ3n) is 4.09. The summed E-state index contributed by atoms with van der Waals surface area (Å²) in [5, 5.41) is 0. The molecule has 2 aromatic carbocycles. The topological polar surface area (TPSA) is 49.6 Å². The summed E-state index contributed by atoms with van der Waals surface area (Å²) in [7, 11) is 0. The number of carbonyl (C=O) groups is 1. The summed E-state index contributed by atoms with van der Waals surface area (Å²) < 4.78 is 28.5. The van der Waals surface area contributed by atoms with Crippen molar-refractivity contribution in [3.8, 4) is 0 Å². The Bertz CT molecular complexity index is 776. The van der Waals surface area contributed by atoms with Gasteiger partial charge in [-0.15, -0.1) is 0 Å². The zero-order valence-corrected chi connectivity index (χ0v) is 14.4. The van der Waals surface area contributed by atoms with Crippen molar-refractivity contribution in [2.45, 2.75) is 0 Å². The molecular weight excluding hydrogens is 380 g/mol. The van der Waals surface area contributed by atoms with Gasteiger partial charge in [0.05, 0.1) is 16.9 Å². The molecule has 3 rings (SSSR count). The van der Waals surface area contributed by atoms with Gasteiger partial charge in [0.2, 0.25) is 0 Å². The molecule has 0 unspecified atom stereocenters. The lowest BCUT2D eigenvalue weighted by atomic mass is 10.1. The summed E-state index contributed by atoms with van der Waals surface area (Å²) >= 11 is 3.24. The average Bonchev–Trinajstić information content (AvgIpc) is 2.54. The molecule has 1 amide bonds. The molecule has 1 heterocycles. The molecule has 0 saturated carbocycles. The number of hydrogen-bond acceptors (Lipinski definition) is 3. The summed E-state index contributed by atoms with van der Waals surface area (Å²) in [6.45, 7) is 2.19. The number of halogens is 3. The Morgan fingerprint density at radius 2 is 1.54 bits per heavy atom. The standard InChI is InChI=1S/C17H16BrF2N3O/c18-11-9-13(20)16(17(21)24)15(10-11)23-7-5-22(6-8-23)14-4-2-1-3-12(14)19/h1-4,9-10H,5-8H2,(H2,21,24). The van der Waals surface area contributed by atoms with E-state index in [0.29, 0.717) is 42.0 Å². The number of piperazine rings is 1. The van der Waals surface area contributed by atoms with Crippen molar-refractivity contribution < 1.29 is 13.6 Å². The molecule has 7 heteroatoms. The van der Waals surface area contributed by atoms with Gasteiger partial charge in [-0.25, -0.2) is 8.78 Å². The molecule has 1 aliphatic heterocycles. The maximum atomic E-state index is 14.1. The second kappa shape index (κ2) is 6.76. The van der Waals surface area contributed by atoms with Gasteiger partial charge in [-0.05, 0) is 24.3 Å². The molecule has 126 valence electrons. The van der Waals surface area contributed by atoms with E-state index in [-0.39, 0.29) is 11.4 Å². The van der Waals surface area contributed by atoms with Gasteiger partial charge in [-0.2, -0.15) is 0 Å². The Balaban J connectivity index is 1.83. The largest absolute Gasteiger partial charge is 0.367 e. The SMILES string of the molecule is NC(=O)c1c(F)cc(Br)cc1N1CCN(c2ccccc2F)CC1. The van der Waals surface area contributed by atoms with Gasteiger partial charge >= 0.3 is 0 Å².